The van der Waals surface area contributed by atoms with Gasteiger partial charge in [0.15, 0.2) is 0 Å². The second kappa shape index (κ2) is 5.69. The Bertz CT molecular complexity index is 328. The van der Waals surface area contributed by atoms with E-state index in [0.29, 0.717) is 26.1 Å². The average Bonchev–Trinajstić information content (AvgIpc) is 2.26. The smallest absolute Gasteiger partial charge is 0.239 e. The van der Waals surface area contributed by atoms with Gasteiger partial charge < -0.3 is 15.5 Å². The molecule has 1 fully saturated rings. The molecule has 0 radical (unpaired) electrons. The summed E-state index contributed by atoms with van der Waals surface area (Å²) in [7, 11) is 0. The minimum absolute atomic E-state index is 0.00753. The molecule has 5 nitrogen and oxygen atoms in total. The zero-order chi connectivity index (χ0) is 13.9. The van der Waals surface area contributed by atoms with E-state index in [2.05, 4.69) is 0 Å². The van der Waals surface area contributed by atoms with E-state index >= 15 is 0 Å². The van der Waals surface area contributed by atoms with E-state index < -0.39 is 6.04 Å². The maximum absolute atomic E-state index is 12.1. The fourth-order valence-electron chi connectivity index (χ4n) is 2.60. The first kappa shape index (κ1) is 15.0. The minimum atomic E-state index is -0.408. The van der Waals surface area contributed by atoms with Crippen molar-refractivity contribution in [1.82, 2.24) is 9.80 Å². The van der Waals surface area contributed by atoms with E-state index in [1.807, 2.05) is 25.7 Å². The largest absolute Gasteiger partial charge is 0.337 e. The van der Waals surface area contributed by atoms with E-state index in [1.54, 1.807) is 11.8 Å². The maximum Gasteiger partial charge on any atom is 0.239 e. The van der Waals surface area contributed by atoms with Crippen LogP contribution in [0.4, 0.5) is 0 Å². The van der Waals surface area contributed by atoms with E-state index in [9.17, 15) is 9.59 Å². The maximum atomic E-state index is 12.1. The monoisotopic (exact) mass is 255 g/mol. The third kappa shape index (κ3) is 3.22. The summed E-state index contributed by atoms with van der Waals surface area (Å²) in [5.41, 5.74) is 5.56. The van der Waals surface area contributed by atoms with Gasteiger partial charge in [0.05, 0.1) is 11.6 Å². The third-order valence-corrected chi connectivity index (χ3v) is 3.51. The number of hydrogen-bond acceptors (Lipinski definition) is 3. The van der Waals surface area contributed by atoms with Crippen molar-refractivity contribution in [3.8, 4) is 0 Å². The Labute approximate surface area is 109 Å². The van der Waals surface area contributed by atoms with Crippen molar-refractivity contribution in [2.45, 2.75) is 52.1 Å². The summed E-state index contributed by atoms with van der Waals surface area (Å²) < 4.78 is 0. The third-order valence-electron chi connectivity index (χ3n) is 3.51. The predicted octanol–water partition coefficient (Wildman–Crippen LogP) is 0.583. The highest BCUT2D eigenvalue weighted by molar-refractivity contribution is 5.82. The average molecular weight is 255 g/mol. The Morgan fingerprint density at radius 2 is 1.94 bits per heavy atom. The van der Waals surface area contributed by atoms with Gasteiger partial charge in [0.25, 0.3) is 0 Å². The van der Waals surface area contributed by atoms with Gasteiger partial charge in [0.2, 0.25) is 11.8 Å². The number of rotatable bonds is 3. The lowest BCUT2D eigenvalue weighted by atomic mass is 9.97. The number of nitrogens with zero attached hydrogens (tertiary/aromatic N) is 2. The lowest BCUT2D eigenvalue weighted by Gasteiger charge is -2.47. The fraction of sp³-hybridized carbons (Fsp3) is 0.846. The molecule has 0 unspecified atom stereocenters. The minimum Gasteiger partial charge on any atom is -0.337 e. The van der Waals surface area contributed by atoms with Crippen molar-refractivity contribution < 1.29 is 9.59 Å². The zero-order valence-corrected chi connectivity index (χ0v) is 11.9. The molecule has 2 N–H and O–H groups in total. The number of nitrogens with two attached hydrogens (primary N) is 1. The van der Waals surface area contributed by atoms with Crippen LogP contribution in [0, 0.1) is 0 Å². The van der Waals surface area contributed by atoms with Crippen molar-refractivity contribution in [3.05, 3.63) is 0 Å². The molecule has 1 saturated heterocycles. The predicted molar refractivity (Wildman–Crippen MR) is 70.9 cm³/mol. The van der Waals surface area contributed by atoms with Crippen molar-refractivity contribution in [2.24, 2.45) is 5.73 Å². The van der Waals surface area contributed by atoms with Crippen LogP contribution in [0.15, 0.2) is 0 Å². The number of amides is 2. The molecule has 1 heterocycles. The standard InChI is InChI=1S/C13H25N3O2/c1-5-6-11(14)12(18)15-7-8-16(10(2)17)13(3,4)9-15/h11H,5-9,14H2,1-4H3/t11-/m1/s1. The Morgan fingerprint density at radius 1 is 1.33 bits per heavy atom. The van der Waals surface area contributed by atoms with E-state index in [-0.39, 0.29) is 17.4 Å². The second-order valence-electron chi connectivity index (χ2n) is 5.64. The van der Waals surface area contributed by atoms with Crippen LogP contribution in [0.3, 0.4) is 0 Å². The highest BCUT2D eigenvalue weighted by Gasteiger charge is 2.37. The molecule has 0 aromatic carbocycles. The molecule has 1 atom stereocenters. The van der Waals surface area contributed by atoms with Crippen molar-refractivity contribution in [2.75, 3.05) is 19.6 Å². The molecule has 104 valence electrons. The molecule has 0 spiro atoms. The van der Waals surface area contributed by atoms with Gasteiger partial charge in [-0.1, -0.05) is 13.3 Å². The van der Waals surface area contributed by atoms with Gasteiger partial charge in [-0.25, -0.2) is 0 Å². The lowest BCUT2D eigenvalue weighted by Crippen LogP contribution is -2.63. The molecule has 1 aliphatic rings. The first-order valence-corrected chi connectivity index (χ1v) is 6.62. The van der Waals surface area contributed by atoms with Crippen LogP contribution in [0.2, 0.25) is 0 Å². The van der Waals surface area contributed by atoms with Crippen LogP contribution in [-0.4, -0.2) is 52.8 Å². The molecule has 0 aromatic rings. The molecule has 1 aliphatic heterocycles. The SMILES string of the molecule is CCC[C@@H](N)C(=O)N1CCN(C(C)=O)C(C)(C)C1. The van der Waals surface area contributed by atoms with E-state index in [0.717, 1.165) is 6.42 Å². The first-order valence-electron chi connectivity index (χ1n) is 6.62. The summed E-state index contributed by atoms with van der Waals surface area (Å²) in [5, 5.41) is 0. The summed E-state index contributed by atoms with van der Waals surface area (Å²) in [5.74, 6) is 0.0677. The topological polar surface area (TPSA) is 66.6 Å². The van der Waals surface area contributed by atoms with E-state index in [1.165, 1.54) is 0 Å². The molecule has 1 rings (SSSR count). The van der Waals surface area contributed by atoms with Gasteiger partial charge >= 0.3 is 0 Å². The van der Waals surface area contributed by atoms with Crippen molar-refractivity contribution in [3.63, 3.8) is 0 Å². The lowest BCUT2D eigenvalue weighted by molar-refractivity contribution is -0.146. The van der Waals surface area contributed by atoms with Gasteiger partial charge in [-0.15, -0.1) is 0 Å². The first-order chi connectivity index (χ1) is 8.29. The Hall–Kier alpha value is -1.10. The Morgan fingerprint density at radius 3 is 2.39 bits per heavy atom. The van der Waals surface area contributed by atoms with Crippen LogP contribution in [-0.2, 0) is 9.59 Å². The highest BCUT2D eigenvalue weighted by atomic mass is 16.2. The van der Waals surface area contributed by atoms with Crippen molar-refractivity contribution in [1.29, 1.82) is 0 Å². The summed E-state index contributed by atoms with van der Waals surface area (Å²) in [6.45, 7) is 9.29. The van der Waals surface area contributed by atoms with Gasteiger partial charge in [-0.2, -0.15) is 0 Å². The van der Waals surface area contributed by atoms with Gasteiger partial charge in [-0.3, -0.25) is 9.59 Å². The van der Waals surface area contributed by atoms with Gasteiger partial charge in [0, 0.05) is 26.6 Å². The number of hydrogen-bond donors (Lipinski definition) is 1. The molecule has 0 aliphatic carbocycles. The van der Waals surface area contributed by atoms with Crippen LogP contribution in [0.5, 0.6) is 0 Å². The fourth-order valence-corrected chi connectivity index (χ4v) is 2.60. The normalized spacial score (nSPS) is 20.7. The van der Waals surface area contributed by atoms with Crippen LogP contribution >= 0.6 is 0 Å². The Kier molecular flexibility index (Phi) is 4.73. The summed E-state index contributed by atoms with van der Waals surface area (Å²) >= 11 is 0. The number of carbonyl (C=O) groups excluding carboxylic acids is 2. The molecule has 2 amide bonds. The zero-order valence-electron chi connectivity index (χ0n) is 11.9. The molecular weight excluding hydrogens is 230 g/mol. The summed E-state index contributed by atoms with van der Waals surface area (Å²) in [4.78, 5) is 27.3. The molecule has 0 saturated carbocycles. The molecule has 18 heavy (non-hydrogen) atoms. The van der Waals surface area contributed by atoms with Crippen molar-refractivity contribution >= 4 is 11.8 Å². The summed E-state index contributed by atoms with van der Waals surface area (Å²) in [6.07, 6.45) is 1.62. The quantitative estimate of drug-likeness (QED) is 0.802. The summed E-state index contributed by atoms with van der Waals surface area (Å²) in [6, 6.07) is -0.408. The van der Waals surface area contributed by atoms with Gasteiger partial charge in [0.1, 0.15) is 0 Å². The number of carbonyl (C=O) groups is 2. The highest BCUT2D eigenvalue weighted by Crippen LogP contribution is 2.21. The molecular formula is C13H25N3O2. The van der Waals surface area contributed by atoms with E-state index in [4.69, 9.17) is 5.73 Å². The second-order valence-corrected chi connectivity index (χ2v) is 5.64. The van der Waals surface area contributed by atoms with Crippen LogP contribution in [0.1, 0.15) is 40.5 Å². The molecule has 0 bridgehead atoms. The van der Waals surface area contributed by atoms with Gasteiger partial charge in [-0.05, 0) is 20.3 Å². The molecule has 5 heteroatoms. The molecule has 0 aromatic heterocycles. The number of piperazine rings is 1. The van der Waals surface area contributed by atoms with Crippen LogP contribution in [0.25, 0.3) is 0 Å². The van der Waals surface area contributed by atoms with Crippen LogP contribution < -0.4 is 5.73 Å². The Balaban J connectivity index is 2.69.